The molecule has 0 heterocycles. The molecule has 0 saturated heterocycles. The molecule has 0 aromatic heterocycles. The summed E-state index contributed by atoms with van der Waals surface area (Å²) < 4.78 is 0. The Bertz CT molecular complexity index is 840. The zero-order chi connectivity index (χ0) is 15.5. The van der Waals surface area contributed by atoms with E-state index < -0.39 is 0 Å². The van der Waals surface area contributed by atoms with Gasteiger partial charge in [-0.15, -0.1) is 0 Å². The summed E-state index contributed by atoms with van der Waals surface area (Å²) in [6.07, 6.45) is 4.72. The maximum Gasteiger partial charge on any atom is 0.0284 e. The van der Waals surface area contributed by atoms with Gasteiger partial charge in [0.25, 0.3) is 0 Å². The van der Waals surface area contributed by atoms with Crippen LogP contribution in [0.2, 0.25) is 0 Å². The van der Waals surface area contributed by atoms with Gasteiger partial charge in [0.2, 0.25) is 0 Å². The maximum atomic E-state index is 2.38. The van der Waals surface area contributed by atoms with Crippen molar-refractivity contribution in [2.24, 2.45) is 0 Å². The first kappa shape index (κ1) is 13.8. The van der Waals surface area contributed by atoms with Crippen molar-refractivity contribution in [1.82, 2.24) is 0 Å². The van der Waals surface area contributed by atoms with Crippen molar-refractivity contribution in [3.05, 3.63) is 120 Å². The third-order valence-corrected chi connectivity index (χ3v) is 4.37. The Kier molecular flexibility index (Phi) is 3.65. The Morgan fingerprint density at radius 2 is 1.04 bits per heavy atom. The second kappa shape index (κ2) is 6.10. The van der Waals surface area contributed by atoms with Gasteiger partial charge < -0.3 is 0 Å². The highest BCUT2D eigenvalue weighted by atomic mass is 14.3. The second-order valence-electron chi connectivity index (χ2n) is 5.84. The van der Waals surface area contributed by atoms with Crippen LogP contribution < -0.4 is 0 Å². The summed E-state index contributed by atoms with van der Waals surface area (Å²) in [5.74, 6) is 0.314. The van der Waals surface area contributed by atoms with E-state index in [1.54, 1.807) is 0 Å². The van der Waals surface area contributed by atoms with Crippen molar-refractivity contribution in [2.75, 3.05) is 0 Å². The van der Waals surface area contributed by atoms with Crippen molar-refractivity contribution in [2.45, 2.75) is 5.92 Å². The number of hydrogen-bond acceptors (Lipinski definition) is 0. The molecule has 3 aromatic carbocycles. The van der Waals surface area contributed by atoms with E-state index in [1.165, 1.54) is 27.8 Å². The number of hydrogen-bond donors (Lipinski definition) is 0. The molecule has 0 bridgehead atoms. The number of benzene rings is 3. The highest BCUT2D eigenvalue weighted by Gasteiger charge is 2.22. The third-order valence-electron chi connectivity index (χ3n) is 4.37. The fourth-order valence-corrected chi connectivity index (χ4v) is 3.21. The van der Waals surface area contributed by atoms with Gasteiger partial charge in [-0.05, 0) is 33.9 Å². The zero-order valence-electron chi connectivity index (χ0n) is 12.9. The molecule has 0 amide bonds. The van der Waals surface area contributed by atoms with Crippen LogP contribution in [0.4, 0.5) is 0 Å². The molecule has 0 spiro atoms. The molecule has 1 aliphatic carbocycles. The van der Waals surface area contributed by atoms with E-state index in [0.717, 1.165) is 0 Å². The summed E-state index contributed by atoms with van der Waals surface area (Å²) in [6, 6.07) is 32.0. The first-order valence-corrected chi connectivity index (χ1v) is 8.01. The summed E-state index contributed by atoms with van der Waals surface area (Å²) in [5, 5.41) is 0. The average Bonchev–Trinajstić information content (AvgIpc) is 3.09. The Balaban J connectivity index is 1.82. The topological polar surface area (TPSA) is 0 Å². The zero-order valence-corrected chi connectivity index (χ0v) is 12.9. The van der Waals surface area contributed by atoms with Gasteiger partial charge in [0.15, 0.2) is 0 Å². The number of allylic oxidation sites excluding steroid dienone is 4. The average molecular weight is 294 g/mol. The lowest BCUT2D eigenvalue weighted by atomic mass is 9.89. The van der Waals surface area contributed by atoms with E-state index in [0.29, 0.717) is 5.92 Å². The summed E-state index contributed by atoms with van der Waals surface area (Å²) in [6.45, 7) is 0. The maximum absolute atomic E-state index is 2.38. The lowest BCUT2D eigenvalue weighted by Crippen LogP contribution is -1.96. The second-order valence-corrected chi connectivity index (χ2v) is 5.84. The first-order chi connectivity index (χ1) is 11.4. The molecular formula is C23H18. The number of rotatable bonds is 3. The van der Waals surface area contributed by atoms with Crippen LogP contribution in [0.15, 0.2) is 103 Å². The molecule has 23 heavy (non-hydrogen) atoms. The van der Waals surface area contributed by atoms with E-state index in [-0.39, 0.29) is 0 Å². The van der Waals surface area contributed by atoms with E-state index in [1.807, 2.05) is 0 Å². The first-order valence-electron chi connectivity index (χ1n) is 8.01. The minimum absolute atomic E-state index is 0.314. The Hall–Kier alpha value is -2.86. The van der Waals surface area contributed by atoms with Gasteiger partial charge in [-0.1, -0.05) is 97.1 Å². The fourth-order valence-electron chi connectivity index (χ4n) is 3.21. The molecule has 1 aliphatic rings. The van der Waals surface area contributed by atoms with Crippen molar-refractivity contribution in [3.8, 4) is 0 Å². The van der Waals surface area contributed by atoms with Crippen LogP contribution in [0.1, 0.15) is 22.6 Å². The molecule has 110 valence electrons. The molecule has 0 unspecified atom stereocenters. The molecule has 1 atom stereocenters. The predicted molar refractivity (Wildman–Crippen MR) is 98.0 cm³/mol. The standard InChI is InChI=1S/C23H18/c1-4-10-18(11-5-1)21-16-22(19-12-6-2-7-13-19)23(17-21)20-14-8-3-9-15-20/h1-17,22H/t22-/m0/s1. The molecule has 0 aliphatic heterocycles. The Morgan fingerprint density at radius 3 is 1.65 bits per heavy atom. The van der Waals surface area contributed by atoms with E-state index in [4.69, 9.17) is 0 Å². The quantitative estimate of drug-likeness (QED) is 0.560. The van der Waals surface area contributed by atoms with Crippen LogP contribution in [0.3, 0.4) is 0 Å². The monoisotopic (exact) mass is 294 g/mol. The SMILES string of the molecule is C1=C(c2ccccc2)C=C(c2ccccc2)[C@@H]1c1ccccc1. The minimum atomic E-state index is 0.314. The van der Waals surface area contributed by atoms with Gasteiger partial charge in [0, 0.05) is 5.92 Å². The summed E-state index contributed by atoms with van der Waals surface area (Å²) in [4.78, 5) is 0. The van der Waals surface area contributed by atoms with Gasteiger partial charge in [0.1, 0.15) is 0 Å². The largest absolute Gasteiger partial charge is 0.0647 e. The van der Waals surface area contributed by atoms with Gasteiger partial charge in [0.05, 0.1) is 0 Å². The van der Waals surface area contributed by atoms with E-state index >= 15 is 0 Å². The minimum Gasteiger partial charge on any atom is -0.0647 e. The molecule has 3 aromatic rings. The predicted octanol–water partition coefficient (Wildman–Crippen LogP) is 5.95. The van der Waals surface area contributed by atoms with Gasteiger partial charge >= 0.3 is 0 Å². The summed E-state index contributed by atoms with van der Waals surface area (Å²) in [7, 11) is 0. The van der Waals surface area contributed by atoms with Gasteiger partial charge in [-0.25, -0.2) is 0 Å². The lowest BCUT2D eigenvalue weighted by molar-refractivity contribution is 1.12. The van der Waals surface area contributed by atoms with Crippen molar-refractivity contribution in [1.29, 1.82) is 0 Å². The Labute approximate surface area is 137 Å². The van der Waals surface area contributed by atoms with Crippen molar-refractivity contribution < 1.29 is 0 Å². The molecular weight excluding hydrogens is 276 g/mol. The van der Waals surface area contributed by atoms with E-state index in [2.05, 4.69) is 103 Å². The van der Waals surface area contributed by atoms with Crippen LogP contribution in [-0.2, 0) is 0 Å². The van der Waals surface area contributed by atoms with Gasteiger partial charge in [-0.2, -0.15) is 0 Å². The molecule has 0 heteroatoms. The van der Waals surface area contributed by atoms with Crippen molar-refractivity contribution >= 4 is 11.1 Å². The molecule has 4 rings (SSSR count). The summed E-state index contributed by atoms with van der Waals surface area (Å²) >= 11 is 0. The van der Waals surface area contributed by atoms with Crippen LogP contribution in [0, 0.1) is 0 Å². The summed E-state index contributed by atoms with van der Waals surface area (Å²) in [5.41, 5.74) is 6.59. The third kappa shape index (κ3) is 2.76. The smallest absolute Gasteiger partial charge is 0.0284 e. The van der Waals surface area contributed by atoms with Crippen LogP contribution in [-0.4, -0.2) is 0 Å². The molecule has 0 fully saturated rings. The lowest BCUT2D eigenvalue weighted by Gasteiger charge is -2.14. The van der Waals surface area contributed by atoms with Crippen LogP contribution in [0.25, 0.3) is 11.1 Å². The Morgan fingerprint density at radius 1 is 0.522 bits per heavy atom. The molecule has 0 saturated carbocycles. The normalized spacial score (nSPS) is 16.8. The highest BCUT2D eigenvalue weighted by Crippen LogP contribution is 2.42. The fraction of sp³-hybridized carbons (Fsp3) is 0.0435. The molecule has 0 N–H and O–H groups in total. The van der Waals surface area contributed by atoms with Gasteiger partial charge in [-0.3, -0.25) is 0 Å². The molecule has 0 radical (unpaired) electrons. The molecule has 0 nitrogen and oxygen atoms in total. The van der Waals surface area contributed by atoms with Crippen molar-refractivity contribution in [3.63, 3.8) is 0 Å². The van der Waals surface area contributed by atoms with Crippen LogP contribution >= 0.6 is 0 Å². The highest BCUT2D eigenvalue weighted by molar-refractivity contribution is 5.93. The van der Waals surface area contributed by atoms with Crippen LogP contribution in [0.5, 0.6) is 0 Å². The van der Waals surface area contributed by atoms with E-state index in [9.17, 15) is 0 Å².